The van der Waals surface area contributed by atoms with Gasteiger partial charge in [-0.15, -0.1) is 0 Å². The second-order valence-corrected chi connectivity index (χ2v) is 8.26. The van der Waals surface area contributed by atoms with Gasteiger partial charge in [0.15, 0.2) is 0 Å². The van der Waals surface area contributed by atoms with Crippen LogP contribution in [-0.4, -0.2) is 35.4 Å². The second-order valence-electron chi connectivity index (χ2n) is 7.82. The standard InChI is InChI=1S/C26H24ClN3O5/c1-3-34-22-15-19(28-16(2)31)13-14-21(22)25(32)29-30-23(17-9-11-18(27)12-10-17)24(26(30)33)35-20-7-5-4-6-8-20/h4-15,23-24H,3H2,1-2H3,(H,28,31)(H,29,32)/t23-,24+/m0/s1. The molecular formula is C26H24ClN3O5. The third kappa shape index (κ3) is 5.38. The summed E-state index contributed by atoms with van der Waals surface area (Å²) in [6, 6.07) is 20.1. The number of carbonyl (C=O) groups is 3. The first kappa shape index (κ1) is 24.1. The van der Waals surface area contributed by atoms with E-state index >= 15 is 0 Å². The van der Waals surface area contributed by atoms with E-state index in [0.717, 1.165) is 5.56 Å². The van der Waals surface area contributed by atoms with E-state index in [2.05, 4.69) is 10.7 Å². The predicted molar refractivity (Wildman–Crippen MR) is 131 cm³/mol. The molecule has 4 rings (SSSR count). The lowest BCUT2D eigenvalue weighted by molar-refractivity contribution is -0.169. The lowest BCUT2D eigenvalue weighted by Crippen LogP contribution is -2.67. The summed E-state index contributed by atoms with van der Waals surface area (Å²) in [5.74, 6) is -0.346. The minimum absolute atomic E-state index is 0.219. The maximum atomic E-state index is 13.2. The number of β-lactam (4-membered cyclic amide) rings is 1. The highest BCUT2D eigenvalue weighted by Crippen LogP contribution is 2.37. The second kappa shape index (κ2) is 10.5. The number of hydrogen-bond acceptors (Lipinski definition) is 5. The largest absolute Gasteiger partial charge is 0.493 e. The van der Waals surface area contributed by atoms with E-state index in [9.17, 15) is 14.4 Å². The van der Waals surface area contributed by atoms with Gasteiger partial charge in [-0.05, 0) is 48.9 Å². The zero-order chi connectivity index (χ0) is 24.9. The van der Waals surface area contributed by atoms with Crippen molar-refractivity contribution in [1.82, 2.24) is 10.4 Å². The normalized spacial score (nSPS) is 16.8. The van der Waals surface area contributed by atoms with Gasteiger partial charge in [0, 0.05) is 23.7 Å². The number of hydrazine groups is 1. The molecule has 35 heavy (non-hydrogen) atoms. The Bertz CT molecular complexity index is 1230. The van der Waals surface area contributed by atoms with Gasteiger partial charge in [0.1, 0.15) is 17.5 Å². The first-order chi connectivity index (χ1) is 16.9. The lowest BCUT2D eigenvalue weighted by atomic mass is 9.92. The van der Waals surface area contributed by atoms with Crippen molar-refractivity contribution in [3.05, 3.63) is 88.9 Å². The Labute approximate surface area is 207 Å². The van der Waals surface area contributed by atoms with Gasteiger partial charge in [-0.1, -0.05) is 41.9 Å². The van der Waals surface area contributed by atoms with E-state index in [1.54, 1.807) is 55.5 Å². The van der Waals surface area contributed by atoms with Crippen molar-refractivity contribution in [3.8, 4) is 11.5 Å². The van der Waals surface area contributed by atoms with E-state index in [-0.39, 0.29) is 17.2 Å². The summed E-state index contributed by atoms with van der Waals surface area (Å²) in [7, 11) is 0. The number of anilines is 1. The molecule has 1 fully saturated rings. The van der Waals surface area contributed by atoms with Crippen molar-refractivity contribution >= 4 is 35.0 Å². The molecule has 1 saturated heterocycles. The highest BCUT2D eigenvalue weighted by molar-refractivity contribution is 6.30. The Hall–Kier alpha value is -4.04. The number of benzene rings is 3. The maximum Gasteiger partial charge on any atom is 0.285 e. The zero-order valence-electron chi connectivity index (χ0n) is 19.2. The molecule has 1 aliphatic heterocycles. The number of halogens is 1. The Morgan fingerprint density at radius 1 is 1.03 bits per heavy atom. The van der Waals surface area contributed by atoms with Gasteiger partial charge in [0.25, 0.3) is 11.8 Å². The van der Waals surface area contributed by atoms with Gasteiger partial charge >= 0.3 is 0 Å². The van der Waals surface area contributed by atoms with Gasteiger partial charge in [-0.3, -0.25) is 19.8 Å². The topological polar surface area (TPSA) is 97.0 Å². The molecule has 1 heterocycles. The minimum Gasteiger partial charge on any atom is -0.493 e. The Morgan fingerprint density at radius 2 is 1.74 bits per heavy atom. The van der Waals surface area contributed by atoms with Crippen LogP contribution >= 0.6 is 11.6 Å². The molecule has 2 atom stereocenters. The molecule has 0 aromatic heterocycles. The van der Waals surface area contributed by atoms with E-state index in [1.807, 2.05) is 18.2 Å². The summed E-state index contributed by atoms with van der Waals surface area (Å²) >= 11 is 6.04. The van der Waals surface area contributed by atoms with Crippen LogP contribution in [0.3, 0.4) is 0 Å². The van der Waals surface area contributed by atoms with Crippen molar-refractivity contribution in [2.24, 2.45) is 0 Å². The smallest absolute Gasteiger partial charge is 0.285 e. The van der Waals surface area contributed by atoms with Crippen LogP contribution in [-0.2, 0) is 9.59 Å². The molecule has 0 spiro atoms. The molecule has 0 bridgehead atoms. The predicted octanol–water partition coefficient (Wildman–Crippen LogP) is 4.37. The van der Waals surface area contributed by atoms with E-state index in [4.69, 9.17) is 21.1 Å². The number of para-hydroxylation sites is 1. The van der Waals surface area contributed by atoms with E-state index in [1.165, 1.54) is 18.0 Å². The van der Waals surface area contributed by atoms with Crippen LogP contribution in [0.15, 0.2) is 72.8 Å². The molecule has 9 heteroatoms. The van der Waals surface area contributed by atoms with Crippen molar-refractivity contribution in [2.75, 3.05) is 11.9 Å². The number of hydrogen-bond donors (Lipinski definition) is 2. The fraction of sp³-hybridized carbons (Fsp3) is 0.192. The average Bonchev–Trinajstić information content (AvgIpc) is 2.84. The highest BCUT2D eigenvalue weighted by Gasteiger charge is 2.51. The fourth-order valence-electron chi connectivity index (χ4n) is 3.77. The lowest BCUT2D eigenvalue weighted by Gasteiger charge is -2.46. The molecule has 0 aliphatic carbocycles. The first-order valence-corrected chi connectivity index (χ1v) is 11.4. The Morgan fingerprint density at radius 3 is 2.40 bits per heavy atom. The summed E-state index contributed by atoms with van der Waals surface area (Å²) in [4.78, 5) is 37.6. The van der Waals surface area contributed by atoms with E-state index < -0.39 is 24.0 Å². The Balaban J connectivity index is 1.59. The van der Waals surface area contributed by atoms with E-state index in [0.29, 0.717) is 23.1 Å². The molecule has 2 N–H and O–H groups in total. The van der Waals surface area contributed by atoms with Crippen LogP contribution in [0.25, 0.3) is 0 Å². The molecule has 180 valence electrons. The molecule has 3 aromatic rings. The number of nitrogens with zero attached hydrogens (tertiary/aromatic N) is 1. The first-order valence-electron chi connectivity index (χ1n) is 11.0. The number of nitrogens with one attached hydrogen (secondary N) is 2. The van der Waals surface area contributed by atoms with Crippen LogP contribution in [0.1, 0.15) is 35.8 Å². The van der Waals surface area contributed by atoms with Crippen LogP contribution in [0.2, 0.25) is 5.02 Å². The van der Waals surface area contributed by atoms with Crippen molar-refractivity contribution in [3.63, 3.8) is 0 Å². The summed E-state index contributed by atoms with van der Waals surface area (Å²) in [5.41, 5.74) is 4.15. The van der Waals surface area contributed by atoms with Crippen LogP contribution < -0.4 is 20.2 Å². The zero-order valence-corrected chi connectivity index (χ0v) is 19.9. The van der Waals surface area contributed by atoms with Gasteiger partial charge in [-0.2, -0.15) is 0 Å². The molecule has 8 nitrogen and oxygen atoms in total. The Kier molecular flexibility index (Phi) is 7.22. The SMILES string of the molecule is CCOc1cc(NC(C)=O)ccc1C(=O)NN1C(=O)[C@H](Oc2ccccc2)[C@@H]1c1ccc(Cl)cc1. The summed E-state index contributed by atoms with van der Waals surface area (Å²) in [6.45, 7) is 3.49. The molecule has 0 unspecified atom stereocenters. The molecule has 0 saturated carbocycles. The van der Waals surface area contributed by atoms with Crippen LogP contribution in [0, 0.1) is 0 Å². The number of amides is 3. The molecule has 3 amide bonds. The van der Waals surface area contributed by atoms with Crippen LogP contribution in [0.4, 0.5) is 5.69 Å². The van der Waals surface area contributed by atoms with Crippen LogP contribution in [0.5, 0.6) is 11.5 Å². The fourth-order valence-corrected chi connectivity index (χ4v) is 3.89. The summed E-state index contributed by atoms with van der Waals surface area (Å²) in [6.07, 6.45) is -0.826. The third-order valence-corrected chi connectivity index (χ3v) is 5.58. The average molecular weight is 494 g/mol. The number of rotatable bonds is 8. The summed E-state index contributed by atoms with van der Waals surface area (Å²) < 4.78 is 11.6. The van der Waals surface area contributed by atoms with Crippen molar-refractivity contribution in [1.29, 1.82) is 0 Å². The van der Waals surface area contributed by atoms with Crippen molar-refractivity contribution < 1.29 is 23.9 Å². The quantitative estimate of drug-likeness (QED) is 0.454. The maximum absolute atomic E-state index is 13.2. The van der Waals surface area contributed by atoms with Gasteiger partial charge in [0.2, 0.25) is 12.0 Å². The summed E-state index contributed by atoms with van der Waals surface area (Å²) in [5, 5.41) is 4.46. The molecule has 1 aliphatic rings. The molecule has 0 radical (unpaired) electrons. The minimum atomic E-state index is -0.826. The monoisotopic (exact) mass is 493 g/mol. The number of carbonyl (C=O) groups excluding carboxylic acids is 3. The third-order valence-electron chi connectivity index (χ3n) is 5.33. The van der Waals surface area contributed by atoms with Gasteiger partial charge in [-0.25, -0.2) is 5.01 Å². The van der Waals surface area contributed by atoms with Crippen molar-refractivity contribution in [2.45, 2.75) is 26.0 Å². The van der Waals surface area contributed by atoms with Gasteiger partial charge < -0.3 is 14.8 Å². The molecule has 3 aromatic carbocycles. The molecular weight excluding hydrogens is 470 g/mol. The van der Waals surface area contributed by atoms with Gasteiger partial charge in [0.05, 0.1) is 12.2 Å². The number of ether oxygens (including phenoxy) is 2. The highest BCUT2D eigenvalue weighted by atomic mass is 35.5.